The number of aromatic nitrogens is 1. The summed E-state index contributed by atoms with van der Waals surface area (Å²) in [4.78, 5) is 4.20. The van der Waals surface area contributed by atoms with Gasteiger partial charge in [-0.1, -0.05) is 31.5 Å². The van der Waals surface area contributed by atoms with Crippen LogP contribution in [-0.2, 0) is 11.3 Å². The molecular weight excluding hydrogens is 279 g/mol. The van der Waals surface area contributed by atoms with E-state index in [0.29, 0.717) is 17.2 Å². The van der Waals surface area contributed by atoms with Crippen molar-refractivity contribution < 1.29 is 9.13 Å². The third kappa shape index (κ3) is 3.92. The Morgan fingerprint density at radius 3 is 2.55 bits per heavy atom. The second-order valence-corrected chi connectivity index (χ2v) is 4.23. The zero-order chi connectivity index (χ0) is 15.1. The molecule has 3 nitrogen and oxygen atoms in total. The van der Waals surface area contributed by atoms with Gasteiger partial charge in [0.15, 0.2) is 0 Å². The molecule has 0 fully saturated rings. The van der Waals surface area contributed by atoms with E-state index >= 15 is 0 Å². The average molecular weight is 297 g/mol. The molecular formula is C15H18ClFN2O. The fourth-order valence-corrected chi connectivity index (χ4v) is 1.88. The number of anilines is 1. The van der Waals surface area contributed by atoms with E-state index in [0.717, 1.165) is 11.3 Å². The molecule has 0 amide bonds. The Hall–Kier alpha value is -1.65. The van der Waals surface area contributed by atoms with Crippen LogP contribution in [0.25, 0.3) is 11.1 Å². The summed E-state index contributed by atoms with van der Waals surface area (Å²) in [5, 5.41) is 0.398. The SMILES string of the molecule is CC.COCc1ccc(-c2cc(F)c(N)cc2Cl)cn1. The first-order chi connectivity index (χ1) is 9.61. The molecule has 1 aromatic heterocycles. The lowest BCUT2D eigenvalue weighted by Crippen LogP contribution is -1.94. The van der Waals surface area contributed by atoms with Crippen molar-refractivity contribution in [1.82, 2.24) is 4.98 Å². The van der Waals surface area contributed by atoms with E-state index in [2.05, 4.69) is 4.98 Å². The predicted octanol–water partition coefficient (Wildman–Crippen LogP) is 4.30. The predicted molar refractivity (Wildman–Crippen MR) is 81.1 cm³/mol. The molecule has 0 bridgehead atoms. The highest BCUT2D eigenvalue weighted by atomic mass is 35.5. The minimum absolute atomic E-state index is 0.0349. The molecule has 0 aliphatic rings. The topological polar surface area (TPSA) is 48.1 Å². The van der Waals surface area contributed by atoms with Gasteiger partial charge in [-0.25, -0.2) is 4.39 Å². The Morgan fingerprint density at radius 1 is 1.30 bits per heavy atom. The van der Waals surface area contributed by atoms with Gasteiger partial charge in [0, 0.05) is 24.4 Å². The Labute approximate surface area is 123 Å². The van der Waals surface area contributed by atoms with Gasteiger partial charge >= 0.3 is 0 Å². The number of hydrogen-bond acceptors (Lipinski definition) is 3. The van der Waals surface area contributed by atoms with Crippen LogP contribution in [0, 0.1) is 5.82 Å². The van der Waals surface area contributed by atoms with E-state index in [-0.39, 0.29) is 5.69 Å². The molecule has 0 radical (unpaired) electrons. The van der Waals surface area contributed by atoms with Gasteiger partial charge in [0.25, 0.3) is 0 Å². The third-order valence-electron chi connectivity index (χ3n) is 2.51. The summed E-state index contributed by atoms with van der Waals surface area (Å²) in [6.07, 6.45) is 1.63. The normalized spacial score (nSPS) is 9.85. The Balaban J connectivity index is 0.000000956. The van der Waals surface area contributed by atoms with Gasteiger partial charge < -0.3 is 10.5 Å². The van der Waals surface area contributed by atoms with E-state index in [1.165, 1.54) is 12.1 Å². The van der Waals surface area contributed by atoms with E-state index in [9.17, 15) is 4.39 Å². The van der Waals surface area contributed by atoms with Gasteiger partial charge in [-0.2, -0.15) is 0 Å². The lowest BCUT2D eigenvalue weighted by atomic mass is 10.1. The van der Waals surface area contributed by atoms with Crippen molar-refractivity contribution in [2.75, 3.05) is 12.8 Å². The number of nitrogen functional groups attached to an aromatic ring is 1. The van der Waals surface area contributed by atoms with Gasteiger partial charge in [-0.15, -0.1) is 0 Å². The summed E-state index contributed by atoms with van der Waals surface area (Å²) in [6.45, 7) is 4.43. The van der Waals surface area contributed by atoms with Crippen molar-refractivity contribution in [1.29, 1.82) is 0 Å². The van der Waals surface area contributed by atoms with Crippen LogP contribution in [0.2, 0.25) is 5.02 Å². The van der Waals surface area contributed by atoms with Gasteiger partial charge in [-0.05, 0) is 18.2 Å². The van der Waals surface area contributed by atoms with Crippen molar-refractivity contribution in [2.45, 2.75) is 20.5 Å². The van der Waals surface area contributed by atoms with Gasteiger partial charge in [0.2, 0.25) is 0 Å². The molecule has 0 saturated heterocycles. The molecule has 2 rings (SSSR count). The summed E-state index contributed by atoms with van der Waals surface area (Å²) in [5.41, 5.74) is 7.58. The lowest BCUT2D eigenvalue weighted by Gasteiger charge is -2.07. The second-order valence-electron chi connectivity index (χ2n) is 3.82. The lowest BCUT2D eigenvalue weighted by molar-refractivity contribution is 0.181. The molecule has 2 aromatic rings. The maximum atomic E-state index is 13.4. The molecule has 20 heavy (non-hydrogen) atoms. The minimum atomic E-state index is -0.490. The smallest absolute Gasteiger partial charge is 0.146 e. The number of benzene rings is 1. The molecule has 108 valence electrons. The number of rotatable bonds is 3. The fourth-order valence-electron chi connectivity index (χ4n) is 1.60. The molecule has 1 aromatic carbocycles. The average Bonchev–Trinajstić information content (AvgIpc) is 2.46. The highest BCUT2D eigenvalue weighted by Gasteiger charge is 2.09. The molecule has 0 spiro atoms. The maximum Gasteiger partial charge on any atom is 0.146 e. The van der Waals surface area contributed by atoms with Gasteiger partial charge in [-0.3, -0.25) is 4.98 Å². The standard InChI is InChI=1S/C13H12ClFN2O.C2H6/c1-18-7-9-3-2-8(6-17-9)10-4-12(15)13(16)5-11(10)14;1-2/h2-6H,7,16H2,1H3;1-2H3. The van der Waals surface area contributed by atoms with Crippen LogP contribution < -0.4 is 5.73 Å². The molecule has 0 unspecified atom stereocenters. The molecule has 0 atom stereocenters. The van der Waals surface area contributed by atoms with Crippen LogP contribution in [0.5, 0.6) is 0 Å². The Kier molecular flexibility index (Phi) is 6.42. The number of hydrogen-bond donors (Lipinski definition) is 1. The second kappa shape index (κ2) is 7.82. The highest BCUT2D eigenvalue weighted by molar-refractivity contribution is 6.33. The van der Waals surface area contributed by atoms with Crippen LogP contribution in [0.4, 0.5) is 10.1 Å². The van der Waals surface area contributed by atoms with Crippen molar-refractivity contribution in [3.8, 4) is 11.1 Å². The van der Waals surface area contributed by atoms with E-state index in [1.54, 1.807) is 13.3 Å². The number of halogens is 2. The summed E-state index contributed by atoms with van der Waals surface area (Å²) in [5.74, 6) is -0.490. The van der Waals surface area contributed by atoms with Crippen molar-refractivity contribution in [3.63, 3.8) is 0 Å². The summed E-state index contributed by atoms with van der Waals surface area (Å²) >= 11 is 6.04. The molecule has 2 N–H and O–H groups in total. The summed E-state index contributed by atoms with van der Waals surface area (Å²) in [7, 11) is 1.60. The monoisotopic (exact) mass is 296 g/mol. The summed E-state index contributed by atoms with van der Waals surface area (Å²) in [6, 6.07) is 6.33. The van der Waals surface area contributed by atoms with Gasteiger partial charge in [0.05, 0.1) is 23.0 Å². The molecule has 1 heterocycles. The zero-order valence-corrected chi connectivity index (χ0v) is 12.5. The molecule has 0 aliphatic heterocycles. The molecule has 0 aliphatic carbocycles. The molecule has 5 heteroatoms. The summed E-state index contributed by atoms with van der Waals surface area (Å²) < 4.78 is 18.4. The number of ether oxygens (including phenoxy) is 1. The van der Waals surface area contributed by atoms with Crippen molar-refractivity contribution >= 4 is 17.3 Å². The van der Waals surface area contributed by atoms with Crippen LogP contribution >= 0.6 is 11.6 Å². The first-order valence-corrected chi connectivity index (χ1v) is 6.68. The number of methoxy groups -OCH3 is 1. The quantitative estimate of drug-likeness (QED) is 0.859. The van der Waals surface area contributed by atoms with Crippen molar-refractivity contribution in [3.05, 3.63) is 47.0 Å². The largest absolute Gasteiger partial charge is 0.396 e. The number of pyridine rings is 1. The first kappa shape index (κ1) is 16.4. The van der Waals surface area contributed by atoms with Crippen LogP contribution in [0.1, 0.15) is 19.5 Å². The third-order valence-corrected chi connectivity index (χ3v) is 2.83. The van der Waals surface area contributed by atoms with Crippen LogP contribution in [-0.4, -0.2) is 12.1 Å². The Bertz CT molecular complexity index is 559. The minimum Gasteiger partial charge on any atom is -0.396 e. The van der Waals surface area contributed by atoms with E-state index in [1.807, 2.05) is 26.0 Å². The zero-order valence-electron chi connectivity index (χ0n) is 11.8. The maximum absolute atomic E-state index is 13.4. The highest BCUT2D eigenvalue weighted by Crippen LogP contribution is 2.30. The van der Waals surface area contributed by atoms with E-state index < -0.39 is 5.82 Å². The Morgan fingerprint density at radius 2 is 2.00 bits per heavy atom. The number of nitrogens with zero attached hydrogens (tertiary/aromatic N) is 1. The van der Waals surface area contributed by atoms with E-state index in [4.69, 9.17) is 22.1 Å². The molecule has 0 saturated carbocycles. The first-order valence-electron chi connectivity index (χ1n) is 6.30. The van der Waals surface area contributed by atoms with Crippen LogP contribution in [0.3, 0.4) is 0 Å². The number of nitrogens with two attached hydrogens (primary N) is 1. The van der Waals surface area contributed by atoms with Crippen LogP contribution in [0.15, 0.2) is 30.5 Å². The van der Waals surface area contributed by atoms with Crippen molar-refractivity contribution in [2.24, 2.45) is 0 Å². The van der Waals surface area contributed by atoms with Gasteiger partial charge in [0.1, 0.15) is 5.82 Å². The fraction of sp³-hybridized carbons (Fsp3) is 0.267.